The quantitative estimate of drug-likeness (QED) is 0.267. The molecule has 0 bridgehead atoms. The molecule has 1 N–H and O–H groups in total. The Kier molecular flexibility index (Phi) is 9.45. The average molecular weight is 546 g/mol. The van der Waals surface area contributed by atoms with Gasteiger partial charge in [0.25, 0.3) is 0 Å². The topological polar surface area (TPSA) is 132 Å². The molecular formula is C26H28ClN3O6S. The predicted molar refractivity (Wildman–Crippen MR) is 138 cm³/mol. The number of ether oxygens (including phenoxy) is 3. The predicted octanol–water partition coefficient (Wildman–Crippen LogP) is 3.70. The molecule has 9 nitrogen and oxygen atoms in total. The first-order valence-electron chi connectivity index (χ1n) is 11.4. The number of aliphatic hydroxyl groups excluding tert-OH is 1. The molecule has 2 aromatic carbocycles. The Morgan fingerprint density at radius 1 is 1.05 bits per heavy atom. The van der Waals surface area contributed by atoms with Crippen LogP contribution in [0.3, 0.4) is 0 Å². The maximum Gasteiger partial charge on any atom is 0.247 e. The first-order valence-corrected chi connectivity index (χ1v) is 13.6. The Bertz CT molecular complexity index is 1370. The number of halogens is 1. The highest BCUT2D eigenvalue weighted by molar-refractivity contribution is 7.90. The molecule has 0 aliphatic rings. The zero-order chi connectivity index (χ0) is 27.1. The summed E-state index contributed by atoms with van der Waals surface area (Å²) in [6, 6.07) is 14.7. The molecule has 37 heavy (non-hydrogen) atoms. The minimum Gasteiger partial charge on any atom is -0.488 e. The Morgan fingerprint density at radius 2 is 1.78 bits per heavy atom. The molecule has 3 rings (SSSR count). The number of benzene rings is 2. The van der Waals surface area contributed by atoms with Gasteiger partial charge in [-0.25, -0.2) is 18.4 Å². The number of rotatable bonds is 12. The van der Waals surface area contributed by atoms with E-state index in [1.54, 1.807) is 18.2 Å². The average Bonchev–Trinajstić information content (AvgIpc) is 2.87. The number of hydrogen-bond acceptors (Lipinski definition) is 9. The lowest BCUT2D eigenvalue weighted by molar-refractivity contribution is 0.0705. The Balaban J connectivity index is 1.73. The van der Waals surface area contributed by atoms with Gasteiger partial charge in [-0.15, -0.1) is 0 Å². The number of aromatic nitrogens is 2. The van der Waals surface area contributed by atoms with Crippen molar-refractivity contribution in [3.05, 3.63) is 76.1 Å². The molecule has 0 amide bonds. The fourth-order valence-corrected chi connectivity index (χ4v) is 4.29. The molecule has 0 saturated carbocycles. The Hall–Kier alpha value is -3.23. The van der Waals surface area contributed by atoms with E-state index in [1.165, 1.54) is 6.20 Å². The van der Waals surface area contributed by atoms with Gasteiger partial charge in [0.15, 0.2) is 5.75 Å². The van der Waals surface area contributed by atoms with Crippen LogP contribution in [0.2, 0.25) is 5.02 Å². The molecule has 0 unspecified atom stereocenters. The van der Waals surface area contributed by atoms with Gasteiger partial charge in [-0.2, -0.15) is 5.26 Å². The fraction of sp³-hybridized carbons (Fsp3) is 0.346. The zero-order valence-corrected chi connectivity index (χ0v) is 22.3. The Labute approximate surface area is 221 Å². The van der Waals surface area contributed by atoms with Crippen molar-refractivity contribution in [2.75, 3.05) is 32.7 Å². The summed E-state index contributed by atoms with van der Waals surface area (Å²) in [5.74, 6) is 0.880. The maximum atomic E-state index is 11.7. The summed E-state index contributed by atoms with van der Waals surface area (Å²) in [4.78, 5) is 7.81. The first-order chi connectivity index (χ1) is 17.6. The summed E-state index contributed by atoms with van der Waals surface area (Å²) in [6.07, 6.45) is 2.44. The van der Waals surface area contributed by atoms with E-state index < -0.39 is 15.3 Å². The largest absolute Gasteiger partial charge is 0.488 e. The minimum absolute atomic E-state index is 0.0741. The smallest absolute Gasteiger partial charge is 0.247 e. The van der Waals surface area contributed by atoms with E-state index in [9.17, 15) is 13.7 Å². The molecule has 11 heteroatoms. The fourth-order valence-electron chi connectivity index (χ4n) is 3.48. The van der Waals surface area contributed by atoms with Crippen molar-refractivity contribution >= 4 is 21.4 Å². The van der Waals surface area contributed by atoms with E-state index in [0.717, 1.165) is 17.4 Å². The third kappa shape index (κ3) is 7.40. The zero-order valence-electron chi connectivity index (χ0n) is 20.8. The number of aliphatic hydroxyl groups is 1. The van der Waals surface area contributed by atoms with Crippen LogP contribution in [0.25, 0.3) is 0 Å². The summed E-state index contributed by atoms with van der Waals surface area (Å²) < 4.78 is 39.9. The summed E-state index contributed by atoms with van der Waals surface area (Å²) in [7, 11) is -3.50. The van der Waals surface area contributed by atoms with Crippen molar-refractivity contribution < 1.29 is 27.7 Å². The highest BCUT2D eigenvalue weighted by atomic mass is 35.5. The van der Waals surface area contributed by atoms with Crippen molar-refractivity contribution in [3.8, 4) is 17.6 Å². The van der Waals surface area contributed by atoms with Gasteiger partial charge >= 0.3 is 0 Å². The highest BCUT2D eigenvalue weighted by Gasteiger charge is 2.26. The molecule has 3 aromatic rings. The number of nitrogens with zero attached hydrogens (tertiary/aromatic N) is 3. The third-order valence-corrected chi connectivity index (χ3v) is 6.72. The van der Waals surface area contributed by atoms with E-state index >= 15 is 0 Å². The van der Waals surface area contributed by atoms with Gasteiger partial charge in [0.05, 0.1) is 36.1 Å². The van der Waals surface area contributed by atoms with Crippen LogP contribution in [0, 0.1) is 11.3 Å². The van der Waals surface area contributed by atoms with E-state index in [0.29, 0.717) is 27.8 Å². The van der Waals surface area contributed by atoms with Crippen LogP contribution < -0.4 is 9.47 Å². The molecule has 0 saturated heterocycles. The van der Waals surface area contributed by atoms with E-state index in [-0.39, 0.29) is 38.2 Å². The first kappa shape index (κ1) is 28.3. The summed E-state index contributed by atoms with van der Waals surface area (Å²) in [6.45, 7) is 4.72. The summed E-state index contributed by atoms with van der Waals surface area (Å²) >= 11 is 6.49. The summed E-state index contributed by atoms with van der Waals surface area (Å²) in [5.41, 5.74) is 2.07. The van der Waals surface area contributed by atoms with Crippen molar-refractivity contribution in [3.63, 3.8) is 0 Å². The standard InChI is InChI=1S/C26H28ClN3O6S/c1-26(2,20-14-18(16-28)24(23(27)15-20)35-13-12-34-11-10-31)19-4-6-22(7-5-19)36-17-21-8-9-29-25(30-21)37(3,32)33/h4-9,14-15,31H,10-13,17H2,1-3H3. The molecule has 0 atom stereocenters. The third-order valence-electron chi connectivity index (χ3n) is 5.58. The van der Waals surface area contributed by atoms with Crippen LogP contribution in [-0.4, -0.2) is 56.2 Å². The van der Waals surface area contributed by atoms with E-state index in [2.05, 4.69) is 16.0 Å². The van der Waals surface area contributed by atoms with Gasteiger partial charge < -0.3 is 19.3 Å². The maximum absolute atomic E-state index is 11.7. The van der Waals surface area contributed by atoms with Crippen LogP contribution in [0.4, 0.5) is 0 Å². The van der Waals surface area contributed by atoms with Crippen molar-refractivity contribution in [2.24, 2.45) is 0 Å². The van der Waals surface area contributed by atoms with Crippen molar-refractivity contribution in [1.82, 2.24) is 9.97 Å². The van der Waals surface area contributed by atoms with Crippen molar-refractivity contribution in [2.45, 2.75) is 31.0 Å². The molecule has 0 radical (unpaired) electrons. The number of sulfone groups is 1. The van der Waals surface area contributed by atoms with Crippen LogP contribution in [0.15, 0.2) is 53.8 Å². The lowest BCUT2D eigenvalue weighted by atomic mass is 9.77. The van der Waals surface area contributed by atoms with Gasteiger partial charge in [-0.3, -0.25) is 0 Å². The summed E-state index contributed by atoms with van der Waals surface area (Å²) in [5, 5.41) is 18.5. The Morgan fingerprint density at radius 3 is 2.43 bits per heavy atom. The van der Waals surface area contributed by atoms with E-state index in [1.807, 2.05) is 38.1 Å². The van der Waals surface area contributed by atoms with Gasteiger partial charge in [-0.1, -0.05) is 37.6 Å². The molecule has 1 aromatic heterocycles. The normalized spacial score (nSPS) is 11.7. The second-order valence-electron chi connectivity index (χ2n) is 8.67. The lowest BCUT2D eigenvalue weighted by Crippen LogP contribution is -2.19. The van der Waals surface area contributed by atoms with Gasteiger partial charge in [0, 0.05) is 17.9 Å². The molecule has 0 aliphatic carbocycles. The number of nitriles is 1. The molecular weight excluding hydrogens is 518 g/mol. The molecule has 0 fully saturated rings. The second kappa shape index (κ2) is 12.3. The van der Waals surface area contributed by atoms with Crippen LogP contribution in [0.5, 0.6) is 11.5 Å². The SMILES string of the molecule is CC(C)(c1ccc(OCc2ccnc(S(C)(=O)=O)n2)cc1)c1cc(Cl)c(OCCOCCO)c(C#N)c1. The monoisotopic (exact) mass is 545 g/mol. The van der Waals surface area contributed by atoms with Gasteiger partial charge in [0.2, 0.25) is 15.0 Å². The van der Waals surface area contributed by atoms with Crippen LogP contribution >= 0.6 is 11.6 Å². The van der Waals surface area contributed by atoms with Crippen molar-refractivity contribution in [1.29, 1.82) is 5.26 Å². The second-order valence-corrected chi connectivity index (χ2v) is 11.0. The minimum atomic E-state index is -3.50. The van der Waals surface area contributed by atoms with Gasteiger partial charge in [0.1, 0.15) is 25.0 Å². The number of hydrogen-bond donors (Lipinski definition) is 1. The highest BCUT2D eigenvalue weighted by Crippen LogP contribution is 2.38. The van der Waals surface area contributed by atoms with E-state index in [4.69, 9.17) is 30.9 Å². The molecule has 1 heterocycles. The molecule has 0 spiro atoms. The van der Waals surface area contributed by atoms with Crippen LogP contribution in [0.1, 0.15) is 36.2 Å². The molecule has 0 aliphatic heterocycles. The van der Waals surface area contributed by atoms with Gasteiger partial charge in [-0.05, 0) is 41.5 Å². The molecule has 196 valence electrons. The lowest BCUT2D eigenvalue weighted by Gasteiger charge is -2.27. The van der Waals surface area contributed by atoms with Crippen LogP contribution in [-0.2, 0) is 26.6 Å².